The van der Waals surface area contributed by atoms with E-state index in [2.05, 4.69) is 31.3 Å². The van der Waals surface area contributed by atoms with Gasteiger partial charge in [0.1, 0.15) is 0 Å². The van der Waals surface area contributed by atoms with Crippen LogP contribution in [0.4, 0.5) is 0 Å². The SMILES string of the molecule is CCC1CCNC(CC(O)c2cccc(C)c2)C1. The molecule has 1 aromatic rings. The van der Waals surface area contributed by atoms with Crippen LogP contribution in [0.1, 0.15) is 49.8 Å². The molecule has 0 aliphatic carbocycles. The maximum absolute atomic E-state index is 10.3. The van der Waals surface area contributed by atoms with Gasteiger partial charge in [-0.15, -0.1) is 0 Å². The lowest BCUT2D eigenvalue weighted by Gasteiger charge is -2.31. The second-order valence-electron chi connectivity index (χ2n) is 5.62. The number of benzene rings is 1. The van der Waals surface area contributed by atoms with E-state index >= 15 is 0 Å². The maximum atomic E-state index is 10.3. The smallest absolute Gasteiger partial charge is 0.0805 e. The van der Waals surface area contributed by atoms with Crippen LogP contribution in [0.25, 0.3) is 0 Å². The first-order valence-electron chi connectivity index (χ1n) is 7.17. The summed E-state index contributed by atoms with van der Waals surface area (Å²) in [7, 11) is 0. The summed E-state index contributed by atoms with van der Waals surface area (Å²) in [5, 5.41) is 13.9. The Labute approximate surface area is 110 Å². The van der Waals surface area contributed by atoms with Crippen molar-refractivity contribution in [3.63, 3.8) is 0 Å². The van der Waals surface area contributed by atoms with Gasteiger partial charge in [0.25, 0.3) is 0 Å². The van der Waals surface area contributed by atoms with E-state index in [1.54, 1.807) is 0 Å². The van der Waals surface area contributed by atoms with Gasteiger partial charge in [0, 0.05) is 6.04 Å². The highest BCUT2D eigenvalue weighted by Crippen LogP contribution is 2.26. The van der Waals surface area contributed by atoms with Crippen molar-refractivity contribution < 1.29 is 5.11 Å². The van der Waals surface area contributed by atoms with Crippen molar-refractivity contribution in [2.75, 3.05) is 6.54 Å². The van der Waals surface area contributed by atoms with E-state index in [0.717, 1.165) is 24.4 Å². The Morgan fingerprint density at radius 2 is 2.28 bits per heavy atom. The Hall–Kier alpha value is -0.860. The van der Waals surface area contributed by atoms with Crippen LogP contribution in [0.5, 0.6) is 0 Å². The fraction of sp³-hybridized carbons (Fsp3) is 0.625. The molecule has 0 aromatic heterocycles. The molecule has 1 saturated heterocycles. The fourth-order valence-corrected chi connectivity index (χ4v) is 2.93. The normalized spacial score (nSPS) is 25.9. The van der Waals surface area contributed by atoms with Gasteiger partial charge in [-0.1, -0.05) is 43.2 Å². The van der Waals surface area contributed by atoms with Crippen molar-refractivity contribution in [2.45, 2.75) is 51.7 Å². The molecule has 1 aromatic carbocycles. The molecular formula is C16H25NO. The van der Waals surface area contributed by atoms with Gasteiger partial charge in [-0.2, -0.15) is 0 Å². The molecule has 2 nitrogen and oxygen atoms in total. The molecule has 0 saturated carbocycles. The predicted octanol–water partition coefficient (Wildman–Crippen LogP) is 3.20. The Kier molecular flexibility index (Phi) is 4.79. The standard InChI is InChI=1S/C16H25NO/c1-3-13-7-8-17-15(10-13)11-16(18)14-6-4-5-12(2)9-14/h4-6,9,13,15-18H,3,7-8,10-11H2,1-2H3. The van der Waals surface area contributed by atoms with Crippen LogP contribution in [-0.2, 0) is 0 Å². The van der Waals surface area contributed by atoms with Crippen LogP contribution in [0.15, 0.2) is 24.3 Å². The van der Waals surface area contributed by atoms with E-state index in [0.29, 0.717) is 6.04 Å². The maximum Gasteiger partial charge on any atom is 0.0805 e. The monoisotopic (exact) mass is 247 g/mol. The van der Waals surface area contributed by atoms with Crippen LogP contribution < -0.4 is 5.32 Å². The number of piperidine rings is 1. The number of nitrogens with one attached hydrogen (secondary N) is 1. The Morgan fingerprint density at radius 1 is 1.44 bits per heavy atom. The highest BCUT2D eigenvalue weighted by atomic mass is 16.3. The second-order valence-corrected chi connectivity index (χ2v) is 5.62. The zero-order chi connectivity index (χ0) is 13.0. The zero-order valence-electron chi connectivity index (χ0n) is 11.5. The molecule has 3 unspecified atom stereocenters. The third-order valence-electron chi connectivity index (χ3n) is 4.12. The highest BCUT2D eigenvalue weighted by Gasteiger charge is 2.22. The van der Waals surface area contributed by atoms with Gasteiger partial charge < -0.3 is 10.4 Å². The third-order valence-corrected chi connectivity index (χ3v) is 4.12. The fourth-order valence-electron chi connectivity index (χ4n) is 2.93. The van der Waals surface area contributed by atoms with E-state index < -0.39 is 0 Å². The van der Waals surface area contributed by atoms with Gasteiger partial charge >= 0.3 is 0 Å². The lowest BCUT2D eigenvalue weighted by molar-refractivity contribution is 0.136. The van der Waals surface area contributed by atoms with Crippen molar-refractivity contribution >= 4 is 0 Å². The van der Waals surface area contributed by atoms with Gasteiger partial charge in [0.05, 0.1) is 6.10 Å². The number of rotatable bonds is 4. The first-order chi connectivity index (χ1) is 8.69. The van der Waals surface area contributed by atoms with Crippen LogP contribution in [0, 0.1) is 12.8 Å². The molecule has 1 heterocycles. The van der Waals surface area contributed by atoms with Crippen molar-refractivity contribution in [3.05, 3.63) is 35.4 Å². The largest absolute Gasteiger partial charge is 0.388 e. The average molecular weight is 247 g/mol. The second kappa shape index (κ2) is 6.35. The molecule has 2 N–H and O–H groups in total. The molecular weight excluding hydrogens is 222 g/mol. The van der Waals surface area contributed by atoms with Gasteiger partial charge in [0.2, 0.25) is 0 Å². The lowest BCUT2D eigenvalue weighted by atomic mass is 9.87. The summed E-state index contributed by atoms with van der Waals surface area (Å²) in [5.74, 6) is 0.834. The topological polar surface area (TPSA) is 32.3 Å². The van der Waals surface area contributed by atoms with E-state index in [-0.39, 0.29) is 6.10 Å². The number of aryl methyl sites for hydroxylation is 1. The predicted molar refractivity (Wildman–Crippen MR) is 75.6 cm³/mol. The molecule has 2 rings (SSSR count). The first kappa shape index (κ1) is 13.6. The van der Waals surface area contributed by atoms with Gasteiger partial charge in [-0.3, -0.25) is 0 Å². The minimum atomic E-state index is -0.335. The number of aliphatic hydroxyl groups excluding tert-OH is 1. The molecule has 0 radical (unpaired) electrons. The van der Waals surface area contributed by atoms with Crippen molar-refractivity contribution in [1.29, 1.82) is 0 Å². The molecule has 0 amide bonds. The van der Waals surface area contributed by atoms with Crippen molar-refractivity contribution in [1.82, 2.24) is 5.32 Å². The Bertz CT molecular complexity index is 377. The lowest BCUT2D eigenvalue weighted by Crippen LogP contribution is -2.38. The number of aliphatic hydroxyl groups is 1. The zero-order valence-corrected chi connectivity index (χ0v) is 11.5. The van der Waals surface area contributed by atoms with Crippen molar-refractivity contribution in [2.24, 2.45) is 5.92 Å². The summed E-state index contributed by atoms with van der Waals surface area (Å²) in [5.41, 5.74) is 2.27. The van der Waals surface area contributed by atoms with E-state index in [4.69, 9.17) is 0 Å². The molecule has 0 spiro atoms. The third kappa shape index (κ3) is 3.56. The van der Waals surface area contributed by atoms with Crippen LogP contribution in [0.2, 0.25) is 0 Å². The highest BCUT2D eigenvalue weighted by molar-refractivity contribution is 5.24. The number of hydrogen-bond acceptors (Lipinski definition) is 2. The average Bonchev–Trinajstić information content (AvgIpc) is 2.39. The molecule has 1 aliphatic rings. The Balaban J connectivity index is 1.92. The van der Waals surface area contributed by atoms with E-state index in [9.17, 15) is 5.11 Å². The van der Waals surface area contributed by atoms with Crippen LogP contribution >= 0.6 is 0 Å². The van der Waals surface area contributed by atoms with Gasteiger partial charge in [0.15, 0.2) is 0 Å². The summed E-state index contributed by atoms with van der Waals surface area (Å²) < 4.78 is 0. The van der Waals surface area contributed by atoms with Crippen LogP contribution in [-0.4, -0.2) is 17.7 Å². The van der Waals surface area contributed by atoms with Crippen LogP contribution in [0.3, 0.4) is 0 Å². The molecule has 1 aliphatic heterocycles. The molecule has 3 atom stereocenters. The van der Waals surface area contributed by atoms with E-state index in [1.165, 1.54) is 24.8 Å². The van der Waals surface area contributed by atoms with Crippen molar-refractivity contribution in [3.8, 4) is 0 Å². The molecule has 18 heavy (non-hydrogen) atoms. The van der Waals surface area contributed by atoms with Gasteiger partial charge in [-0.05, 0) is 44.2 Å². The summed E-state index contributed by atoms with van der Waals surface area (Å²) >= 11 is 0. The first-order valence-corrected chi connectivity index (χ1v) is 7.17. The number of hydrogen-bond donors (Lipinski definition) is 2. The summed E-state index contributed by atoms with van der Waals surface area (Å²) in [4.78, 5) is 0. The summed E-state index contributed by atoms with van der Waals surface area (Å²) in [6, 6.07) is 8.68. The summed E-state index contributed by atoms with van der Waals surface area (Å²) in [6.45, 7) is 5.44. The molecule has 100 valence electrons. The quantitative estimate of drug-likeness (QED) is 0.856. The molecule has 1 fully saturated rings. The molecule has 2 heteroatoms. The van der Waals surface area contributed by atoms with E-state index in [1.807, 2.05) is 12.1 Å². The minimum Gasteiger partial charge on any atom is -0.388 e. The summed E-state index contributed by atoms with van der Waals surface area (Å²) in [6.07, 6.45) is 4.25. The Morgan fingerprint density at radius 3 is 3.00 bits per heavy atom. The minimum absolute atomic E-state index is 0.335. The van der Waals surface area contributed by atoms with Gasteiger partial charge in [-0.25, -0.2) is 0 Å². The molecule has 0 bridgehead atoms.